The highest BCUT2D eigenvalue weighted by Gasteiger charge is 2.27. The number of carbonyl (C=O) groups excluding carboxylic acids is 1. The molecule has 0 saturated heterocycles. The molecule has 3 heteroatoms. The van der Waals surface area contributed by atoms with Gasteiger partial charge < -0.3 is 5.32 Å². The van der Waals surface area contributed by atoms with E-state index in [4.69, 9.17) is 0 Å². The van der Waals surface area contributed by atoms with Gasteiger partial charge in [-0.2, -0.15) is 0 Å². The van der Waals surface area contributed by atoms with Gasteiger partial charge in [-0.15, -0.1) is 0 Å². The third-order valence-electron chi connectivity index (χ3n) is 1.80. The Hall–Kier alpha value is -0.860. The van der Waals surface area contributed by atoms with Gasteiger partial charge in [0.1, 0.15) is 11.9 Å². The van der Waals surface area contributed by atoms with Crippen LogP contribution in [0.3, 0.4) is 0 Å². The molecular formula is C8H14N2O. The Bertz CT molecular complexity index is 196. The summed E-state index contributed by atoms with van der Waals surface area (Å²) >= 11 is 0. The minimum atomic E-state index is -0.148. The van der Waals surface area contributed by atoms with Crippen LogP contribution in [0.2, 0.25) is 0 Å². The van der Waals surface area contributed by atoms with Crippen molar-refractivity contribution in [3.8, 4) is 0 Å². The zero-order valence-corrected chi connectivity index (χ0v) is 7.22. The topological polar surface area (TPSA) is 41.5 Å². The highest BCUT2D eigenvalue weighted by Crippen LogP contribution is 2.11. The number of nitrogens with one attached hydrogen (secondary N) is 1. The first-order valence-electron chi connectivity index (χ1n) is 4.02. The van der Waals surface area contributed by atoms with Crippen molar-refractivity contribution in [1.29, 1.82) is 0 Å². The van der Waals surface area contributed by atoms with Gasteiger partial charge in [0.25, 0.3) is 0 Å². The fourth-order valence-electron chi connectivity index (χ4n) is 1.11. The van der Waals surface area contributed by atoms with E-state index in [2.05, 4.69) is 10.3 Å². The van der Waals surface area contributed by atoms with Gasteiger partial charge >= 0.3 is 0 Å². The minimum absolute atomic E-state index is 0.0526. The maximum Gasteiger partial charge on any atom is 0.250 e. The molecule has 0 bridgehead atoms. The molecule has 0 saturated carbocycles. The van der Waals surface area contributed by atoms with Crippen molar-refractivity contribution in [2.75, 3.05) is 0 Å². The second kappa shape index (κ2) is 3.03. The van der Waals surface area contributed by atoms with Crippen molar-refractivity contribution in [2.45, 2.75) is 33.2 Å². The summed E-state index contributed by atoms with van der Waals surface area (Å²) in [6.45, 7) is 6.00. The zero-order chi connectivity index (χ0) is 8.43. The Balaban J connectivity index is 2.68. The second-order valence-corrected chi connectivity index (χ2v) is 3.11. The molecule has 11 heavy (non-hydrogen) atoms. The predicted octanol–water partition coefficient (Wildman–Crippen LogP) is 0.949. The van der Waals surface area contributed by atoms with Crippen molar-refractivity contribution < 1.29 is 4.79 Å². The fourth-order valence-corrected chi connectivity index (χ4v) is 1.11. The van der Waals surface area contributed by atoms with Crippen LogP contribution in [0.25, 0.3) is 0 Å². The van der Waals surface area contributed by atoms with E-state index in [9.17, 15) is 4.79 Å². The lowest BCUT2D eigenvalue weighted by molar-refractivity contribution is -0.120. The van der Waals surface area contributed by atoms with Crippen LogP contribution in [-0.4, -0.2) is 17.8 Å². The van der Waals surface area contributed by atoms with Crippen molar-refractivity contribution in [2.24, 2.45) is 10.9 Å². The van der Waals surface area contributed by atoms with E-state index in [0.717, 1.165) is 12.3 Å². The van der Waals surface area contributed by atoms with Gasteiger partial charge in [-0.1, -0.05) is 20.8 Å². The molecule has 0 radical (unpaired) electrons. The first-order chi connectivity index (χ1) is 5.15. The molecule has 0 aliphatic carbocycles. The van der Waals surface area contributed by atoms with Crippen molar-refractivity contribution in [1.82, 2.24) is 5.32 Å². The van der Waals surface area contributed by atoms with E-state index in [1.165, 1.54) is 0 Å². The van der Waals surface area contributed by atoms with Gasteiger partial charge in [0.05, 0.1) is 0 Å². The van der Waals surface area contributed by atoms with Gasteiger partial charge in [0.15, 0.2) is 0 Å². The molecule has 1 aliphatic rings. The third kappa shape index (κ3) is 1.59. The van der Waals surface area contributed by atoms with Crippen LogP contribution in [0, 0.1) is 5.92 Å². The molecule has 62 valence electrons. The van der Waals surface area contributed by atoms with E-state index in [1.54, 1.807) is 0 Å². The zero-order valence-electron chi connectivity index (χ0n) is 7.22. The molecule has 1 aliphatic heterocycles. The molecule has 1 unspecified atom stereocenters. The maximum absolute atomic E-state index is 11.2. The van der Waals surface area contributed by atoms with E-state index >= 15 is 0 Å². The standard InChI is InChI=1S/C8H14N2O/c1-4-6-9-7(5(2)3)8(11)10-6/h5,7H,4H2,1-3H3,(H,9,10,11). The van der Waals surface area contributed by atoms with Gasteiger partial charge in [-0.3, -0.25) is 9.79 Å². The SMILES string of the molecule is CCC1=NC(C(C)C)C(=O)N1. The lowest BCUT2D eigenvalue weighted by Crippen LogP contribution is -2.30. The molecule has 3 nitrogen and oxygen atoms in total. The number of carbonyl (C=O) groups is 1. The Morgan fingerprint density at radius 3 is 2.55 bits per heavy atom. The van der Waals surface area contributed by atoms with Gasteiger partial charge in [-0.25, -0.2) is 0 Å². The summed E-state index contributed by atoms with van der Waals surface area (Å²) in [5.74, 6) is 1.18. The molecule has 1 amide bonds. The van der Waals surface area contributed by atoms with Crippen LogP contribution in [0.1, 0.15) is 27.2 Å². The lowest BCUT2D eigenvalue weighted by Gasteiger charge is -2.06. The average Bonchev–Trinajstić information content (AvgIpc) is 2.30. The van der Waals surface area contributed by atoms with E-state index in [-0.39, 0.29) is 11.9 Å². The summed E-state index contributed by atoms with van der Waals surface area (Å²) in [4.78, 5) is 15.4. The Morgan fingerprint density at radius 2 is 2.27 bits per heavy atom. The summed E-state index contributed by atoms with van der Waals surface area (Å²) in [5, 5.41) is 2.75. The van der Waals surface area contributed by atoms with E-state index in [0.29, 0.717) is 5.92 Å². The second-order valence-electron chi connectivity index (χ2n) is 3.11. The molecule has 0 spiro atoms. The van der Waals surface area contributed by atoms with Crippen LogP contribution in [0.4, 0.5) is 0 Å². The average molecular weight is 154 g/mol. The largest absolute Gasteiger partial charge is 0.313 e. The monoisotopic (exact) mass is 154 g/mol. The van der Waals surface area contributed by atoms with Gasteiger partial charge in [-0.05, 0) is 5.92 Å². The van der Waals surface area contributed by atoms with Crippen LogP contribution in [-0.2, 0) is 4.79 Å². The highest BCUT2D eigenvalue weighted by molar-refractivity contribution is 6.05. The Morgan fingerprint density at radius 1 is 1.64 bits per heavy atom. The lowest BCUT2D eigenvalue weighted by atomic mass is 10.1. The number of amides is 1. The molecule has 1 N–H and O–H groups in total. The quantitative estimate of drug-likeness (QED) is 0.632. The summed E-state index contributed by atoms with van der Waals surface area (Å²) in [6.07, 6.45) is 0.814. The van der Waals surface area contributed by atoms with Crippen molar-refractivity contribution in [3.05, 3.63) is 0 Å². The number of hydrogen-bond acceptors (Lipinski definition) is 2. The highest BCUT2D eigenvalue weighted by atomic mass is 16.2. The predicted molar refractivity (Wildman–Crippen MR) is 44.5 cm³/mol. The first kappa shape index (κ1) is 8.24. The van der Waals surface area contributed by atoms with Crippen LogP contribution in [0.15, 0.2) is 4.99 Å². The maximum atomic E-state index is 11.2. The van der Waals surface area contributed by atoms with Crippen molar-refractivity contribution in [3.63, 3.8) is 0 Å². The Kier molecular flexibility index (Phi) is 2.27. The number of rotatable bonds is 2. The number of amidine groups is 1. The molecule has 1 rings (SSSR count). The molecule has 1 atom stereocenters. The van der Waals surface area contributed by atoms with Crippen LogP contribution >= 0.6 is 0 Å². The normalized spacial score (nSPS) is 23.8. The fraction of sp³-hybridized carbons (Fsp3) is 0.750. The Labute approximate surface area is 66.9 Å². The minimum Gasteiger partial charge on any atom is -0.313 e. The molecule has 1 heterocycles. The number of hydrogen-bond donors (Lipinski definition) is 1. The van der Waals surface area contributed by atoms with Gasteiger partial charge in [0.2, 0.25) is 5.91 Å². The summed E-state index contributed by atoms with van der Waals surface area (Å²) < 4.78 is 0. The third-order valence-corrected chi connectivity index (χ3v) is 1.80. The van der Waals surface area contributed by atoms with Gasteiger partial charge in [0, 0.05) is 6.42 Å². The molecule has 0 aromatic rings. The van der Waals surface area contributed by atoms with Crippen LogP contribution < -0.4 is 5.32 Å². The summed E-state index contributed by atoms with van der Waals surface area (Å²) in [5.41, 5.74) is 0. The summed E-state index contributed by atoms with van der Waals surface area (Å²) in [6, 6.07) is -0.148. The van der Waals surface area contributed by atoms with E-state index in [1.807, 2.05) is 20.8 Å². The first-order valence-corrected chi connectivity index (χ1v) is 4.02. The molecule has 0 aromatic carbocycles. The van der Waals surface area contributed by atoms with Crippen LogP contribution in [0.5, 0.6) is 0 Å². The number of nitrogens with zero attached hydrogens (tertiary/aromatic N) is 1. The molecular weight excluding hydrogens is 140 g/mol. The smallest absolute Gasteiger partial charge is 0.250 e. The summed E-state index contributed by atoms with van der Waals surface area (Å²) in [7, 11) is 0. The molecule has 0 aromatic heterocycles. The molecule has 0 fully saturated rings. The van der Waals surface area contributed by atoms with E-state index < -0.39 is 0 Å². The van der Waals surface area contributed by atoms with Crippen molar-refractivity contribution >= 4 is 11.7 Å². The number of aliphatic imine (C=N–C) groups is 1.